The minimum absolute atomic E-state index is 0.870. The molecule has 0 atom stereocenters. The maximum atomic E-state index is 5.62. The second-order valence-corrected chi connectivity index (χ2v) is 5.61. The normalized spacial score (nSPS) is 14.8. The highest BCUT2D eigenvalue weighted by molar-refractivity contribution is 5.81. The molecule has 3 nitrogen and oxygen atoms in total. The van der Waals surface area contributed by atoms with Gasteiger partial charge < -0.3 is 10.1 Å². The van der Waals surface area contributed by atoms with E-state index in [2.05, 4.69) is 34.6 Å². The molecule has 0 amide bonds. The van der Waals surface area contributed by atoms with Gasteiger partial charge in [0.1, 0.15) is 0 Å². The Morgan fingerprint density at radius 3 is 3.05 bits per heavy atom. The summed E-state index contributed by atoms with van der Waals surface area (Å²) >= 11 is 0. The Kier molecular flexibility index (Phi) is 4.61. The molecule has 1 fully saturated rings. The molecule has 0 radical (unpaired) electrons. The fourth-order valence-electron chi connectivity index (χ4n) is 2.31. The monoisotopic (exact) mass is 270 g/mol. The van der Waals surface area contributed by atoms with Gasteiger partial charge >= 0.3 is 0 Å². The van der Waals surface area contributed by atoms with Crippen LogP contribution in [0.4, 0.5) is 0 Å². The molecule has 0 bridgehead atoms. The topological polar surface area (TPSA) is 34.1 Å². The summed E-state index contributed by atoms with van der Waals surface area (Å²) in [7, 11) is 0. The van der Waals surface area contributed by atoms with Crippen LogP contribution in [0.3, 0.4) is 0 Å². The van der Waals surface area contributed by atoms with E-state index >= 15 is 0 Å². The van der Waals surface area contributed by atoms with Crippen LogP contribution in [0, 0.1) is 5.92 Å². The Morgan fingerprint density at radius 2 is 2.15 bits per heavy atom. The molecule has 1 aromatic carbocycles. The van der Waals surface area contributed by atoms with Crippen LogP contribution in [0.1, 0.15) is 24.8 Å². The fourth-order valence-corrected chi connectivity index (χ4v) is 2.31. The SMILES string of the molecule is c1cc2cc(CNCCCOCC3CC3)ccc2cn1. The molecule has 1 heterocycles. The number of rotatable bonds is 8. The predicted molar refractivity (Wildman–Crippen MR) is 81.6 cm³/mol. The van der Waals surface area contributed by atoms with E-state index in [1.54, 1.807) is 0 Å². The summed E-state index contributed by atoms with van der Waals surface area (Å²) in [6.07, 6.45) is 7.58. The van der Waals surface area contributed by atoms with Gasteiger partial charge in [-0.1, -0.05) is 12.1 Å². The molecule has 1 aromatic heterocycles. The van der Waals surface area contributed by atoms with E-state index in [4.69, 9.17) is 4.74 Å². The number of ether oxygens (including phenoxy) is 1. The molecule has 106 valence electrons. The van der Waals surface area contributed by atoms with Gasteiger partial charge in [-0.25, -0.2) is 0 Å². The first kappa shape index (κ1) is 13.5. The summed E-state index contributed by atoms with van der Waals surface area (Å²) in [5, 5.41) is 5.93. The van der Waals surface area contributed by atoms with E-state index in [9.17, 15) is 0 Å². The third-order valence-electron chi connectivity index (χ3n) is 3.73. The molecule has 0 saturated heterocycles. The van der Waals surface area contributed by atoms with Crippen LogP contribution in [-0.2, 0) is 11.3 Å². The van der Waals surface area contributed by atoms with Crippen LogP contribution in [0.2, 0.25) is 0 Å². The molecule has 0 spiro atoms. The molecule has 3 rings (SSSR count). The molecule has 1 saturated carbocycles. The number of nitrogens with zero attached hydrogens (tertiary/aromatic N) is 1. The molecule has 1 aliphatic carbocycles. The molecule has 1 aliphatic rings. The lowest BCUT2D eigenvalue weighted by Crippen LogP contribution is -2.16. The lowest BCUT2D eigenvalue weighted by Gasteiger charge is -2.07. The maximum absolute atomic E-state index is 5.62. The zero-order valence-electron chi connectivity index (χ0n) is 11.8. The number of hydrogen-bond donors (Lipinski definition) is 1. The Morgan fingerprint density at radius 1 is 1.20 bits per heavy atom. The molecule has 0 aliphatic heterocycles. The average Bonchev–Trinajstić information content (AvgIpc) is 3.30. The van der Waals surface area contributed by atoms with Crippen molar-refractivity contribution in [2.75, 3.05) is 19.8 Å². The van der Waals surface area contributed by atoms with E-state index < -0.39 is 0 Å². The highest BCUT2D eigenvalue weighted by Gasteiger charge is 2.20. The van der Waals surface area contributed by atoms with E-state index in [0.717, 1.165) is 38.6 Å². The van der Waals surface area contributed by atoms with Crippen molar-refractivity contribution < 1.29 is 4.74 Å². The second-order valence-electron chi connectivity index (χ2n) is 5.61. The van der Waals surface area contributed by atoms with Crippen LogP contribution in [0.25, 0.3) is 10.8 Å². The number of benzene rings is 1. The zero-order chi connectivity index (χ0) is 13.6. The van der Waals surface area contributed by atoms with Gasteiger partial charge in [0.15, 0.2) is 0 Å². The number of aromatic nitrogens is 1. The fraction of sp³-hybridized carbons (Fsp3) is 0.471. The van der Waals surface area contributed by atoms with Gasteiger partial charge in [0, 0.05) is 37.5 Å². The smallest absolute Gasteiger partial charge is 0.0494 e. The van der Waals surface area contributed by atoms with E-state index in [-0.39, 0.29) is 0 Å². The zero-order valence-corrected chi connectivity index (χ0v) is 11.8. The Labute approximate surface area is 120 Å². The van der Waals surface area contributed by atoms with Crippen LogP contribution in [-0.4, -0.2) is 24.7 Å². The number of fused-ring (bicyclic) bond motifs is 1. The summed E-state index contributed by atoms with van der Waals surface area (Å²) in [5.41, 5.74) is 1.32. The van der Waals surface area contributed by atoms with Gasteiger partial charge in [0.2, 0.25) is 0 Å². The molecule has 3 heteroatoms. The van der Waals surface area contributed by atoms with Gasteiger partial charge in [-0.05, 0) is 54.8 Å². The van der Waals surface area contributed by atoms with Crippen LogP contribution >= 0.6 is 0 Å². The third-order valence-corrected chi connectivity index (χ3v) is 3.73. The van der Waals surface area contributed by atoms with Gasteiger partial charge in [0.25, 0.3) is 0 Å². The summed E-state index contributed by atoms with van der Waals surface area (Å²) in [6, 6.07) is 8.59. The lowest BCUT2D eigenvalue weighted by molar-refractivity contribution is 0.122. The summed E-state index contributed by atoms with van der Waals surface area (Å²) in [6.45, 7) is 3.78. The van der Waals surface area contributed by atoms with E-state index in [1.807, 2.05) is 12.4 Å². The van der Waals surface area contributed by atoms with Gasteiger partial charge in [-0.3, -0.25) is 4.98 Å². The van der Waals surface area contributed by atoms with Gasteiger partial charge in [0.05, 0.1) is 0 Å². The maximum Gasteiger partial charge on any atom is 0.0494 e. The van der Waals surface area contributed by atoms with Crippen LogP contribution in [0.15, 0.2) is 36.7 Å². The highest BCUT2D eigenvalue weighted by atomic mass is 16.5. The van der Waals surface area contributed by atoms with E-state index in [0.29, 0.717) is 0 Å². The average molecular weight is 270 g/mol. The van der Waals surface area contributed by atoms with E-state index in [1.165, 1.54) is 29.2 Å². The standard InChI is InChI=1S/C17H22N2O/c1(9-20-13-14-2-3-14)7-18-11-15-4-5-17-12-19-8-6-16(17)10-15/h4-6,8,10,12,14,18H,1-3,7,9,11,13H2. The Bertz CT molecular complexity index is 551. The lowest BCUT2D eigenvalue weighted by atomic mass is 10.1. The second kappa shape index (κ2) is 6.82. The molecular weight excluding hydrogens is 248 g/mol. The van der Waals surface area contributed by atoms with Crippen molar-refractivity contribution in [1.82, 2.24) is 10.3 Å². The van der Waals surface area contributed by atoms with Crippen molar-refractivity contribution in [3.8, 4) is 0 Å². The van der Waals surface area contributed by atoms with Crippen molar-refractivity contribution in [3.63, 3.8) is 0 Å². The molecule has 20 heavy (non-hydrogen) atoms. The summed E-state index contributed by atoms with van der Waals surface area (Å²) < 4.78 is 5.62. The van der Waals surface area contributed by atoms with Crippen LogP contribution < -0.4 is 5.32 Å². The minimum atomic E-state index is 0.870. The minimum Gasteiger partial charge on any atom is -0.381 e. The molecule has 2 aromatic rings. The van der Waals surface area contributed by atoms with Crippen LogP contribution in [0.5, 0.6) is 0 Å². The van der Waals surface area contributed by atoms with Gasteiger partial charge in [-0.2, -0.15) is 0 Å². The molecular formula is C17H22N2O. The van der Waals surface area contributed by atoms with Crippen molar-refractivity contribution in [1.29, 1.82) is 0 Å². The first-order valence-corrected chi connectivity index (χ1v) is 7.53. The summed E-state index contributed by atoms with van der Waals surface area (Å²) in [4.78, 5) is 4.13. The first-order valence-electron chi connectivity index (χ1n) is 7.53. The Hall–Kier alpha value is -1.45. The van der Waals surface area contributed by atoms with Crippen molar-refractivity contribution in [2.45, 2.75) is 25.8 Å². The summed E-state index contributed by atoms with van der Waals surface area (Å²) in [5.74, 6) is 0.870. The Balaban J connectivity index is 1.36. The molecule has 0 unspecified atom stereocenters. The first-order chi connectivity index (χ1) is 9.92. The quantitative estimate of drug-likeness (QED) is 0.748. The molecule has 1 N–H and O–H groups in total. The third kappa shape index (κ3) is 4.02. The predicted octanol–water partition coefficient (Wildman–Crippen LogP) is 3.14. The largest absolute Gasteiger partial charge is 0.381 e. The number of nitrogens with one attached hydrogen (secondary N) is 1. The van der Waals surface area contributed by atoms with Gasteiger partial charge in [-0.15, -0.1) is 0 Å². The highest BCUT2D eigenvalue weighted by Crippen LogP contribution is 2.28. The van der Waals surface area contributed by atoms with Crippen molar-refractivity contribution in [2.24, 2.45) is 5.92 Å². The van der Waals surface area contributed by atoms with Crippen molar-refractivity contribution in [3.05, 3.63) is 42.2 Å². The number of hydrogen-bond acceptors (Lipinski definition) is 3. The number of pyridine rings is 1. The van der Waals surface area contributed by atoms with Crippen molar-refractivity contribution >= 4 is 10.8 Å².